The standard InChI is InChI=1S/C19H23NO/c1-3-14-20-16(2)12-13-17-8-7-11-19(15-17)21-18-9-5-4-6-10-18/h4-13,15-16,20H,3,14H2,1-2H3/b13-12+. The molecule has 1 unspecified atom stereocenters. The van der Waals surface area contributed by atoms with Crippen molar-refractivity contribution in [3.63, 3.8) is 0 Å². The second kappa shape index (κ2) is 8.28. The molecule has 0 heterocycles. The molecule has 2 rings (SSSR count). The summed E-state index contributed by atoms with van der Waals surface area (Å²) in [5.41, 5.74) is 1.15. The summed E-state index contributed by atoms with van der Waals surface area (Å²) < 4.78 is 5.84. The fraction of sp³-hybridized carbons (Fsp3) is 0.263. The van der Waals surface area contributed by atoms with E-state index in [-0.39, 0.29) is 0 Å². The molecule has 1 N–H and O–H groups in total. The first kappa shape index (κ1) is 15.3. The quantitative estimate of drug-likeness (QED) is 0.781. The first-order valence-corrected chi connectivity index (χ1v) is 7.52. The third-order valence-electron chi connectivity index (χ3n) is 3.13. The molecule has 0 saturated heterocycles. The van der Waals surface area contributed by atoms with E-state index in [0.717, 1.165) is 30.0 Å². The number of para-hydroxylation sites is 1. The van der Waals surface area contributed by atoms with Crippen molar-refractivity contribution in [1.82, 2.24) is 5.32 Å². The van der Waals surface area contributed by atoms with Crippen LogP contribution < -0.4 is 10.1 Å². The zero-order valence-electron chi connectivity index (χ0n) is 12.8. The molecule has 0 aromatic heterocycles. The van der Waals surface area contributed by atoms with Gasteiger partial charge in [0.15, 0.2) is 0 Å². The molecule has 0 aliphatic rings. The Morgan fingerprint density at radius 2 is 1.81 bits per heavy atom. The molecule has 0 fully saturated rings. The van der Waals surface area contributed by atoms with Crippen molar-refractivity contribution >= 4 is 6.08 Å². The predicted octanol–water partition coefficient (Wildman–Crippen LogP) is 4.88. The average molecular weight is 281 g/mol. The molecule has 2 nitrogen and oxygen atoms in total. The van der Waals surface area contributed by atoms with Gasteiger partial charge >= 0.3 is 0 Å². The van der Waals surface area contributed by atoms with E-state index in [1.807, 2.05) is 42.5 Å². The van der Waals surface area contributed by atoms with Crippen LogP contribution >= 0.6 is 0 Å². The van der Waals surface area contributed by atoms with Crippen LogP contribution in [0.2, 0.25) is 0 Å². The minimum Gasteiger partial charge on any atom is -0.457 e. The van der Waals surface area contributed by atoms with Gasteiger partial charge in [-0.2, -0.15) is 0 Å². The monoisotopic (exact) mass is 281 g/mol. The number of ether oxygens (including phenoxy) is 1. The van der Waals surface area contributed by atoms with E-state index < -0.39 is 0 Å². The van der Waals surface area contributed by atoms with Gasteiger partial charge in [-0.25, -0.2) is 0 Å². The number of benzene rings is 2. The number of rotatable bonds is 7. The molecule has 2 aromatic rings. The van der Waals surface area contributed by atoms with Gasteiger partial charge in [0.25, 0.3) is 0 Å². The van der Waals surface area contributed by atoms with Gasteiger partial charge in [0.05, 0.1) is 0 Å². The van der Waals surface area contributed by atoms with Crippen LogP contribution in [-0.4, -0.2) is 12.6 Å². The third-order valence-corrected chi connectivity index (χ3v) is 3.13. The van der Waals surface area contributed by atoms with Crippen LogP contribution in [0.5, 0.6) is 11.5 Å². The SMILES string of the molecule is CCCNC(C)/C=C/c1cccc(Oc2ccccc2)c1. The maximum Gasteiger partial charge on any atom is 0.128 e. The minimum absolute atomic E-state index is 0.378. The molecule has 0 radical (unpaired) electrons. The summed E-state index contributed by atoms with van der Waals surface area (Å²) in [4.78, 5) is 0. The normalized spacial score (nSPS) is 12.5. The predicted molar refractivity (Wildman–Crippen MR) is 89.7 cm³/mol. The highest BCUT2D eigenvalue weighted by Gasteiger charge is 1.98. The van der Waals surface area contributed by atoms with E-state index in [2.05, 4.69) is 43.4 Å². The Kier molecular flexibility index (Phi) is 6.04. The van der Waals surface area contributed by atoms with Crippen LogP contribution in [-0.2, 0) is 0 Å². The van der Waals surface area contributed by atoms with Crippen LogP contribution in [0, 0.1) is 0 Å². The van der Waals surface area contributed by atoms with E-state index >= 15 is 0 Å². The zero-order chi connectivity index (χ0) is 14.9. The summed E-state index contributed by atoms with van der Waals surface area (Å²) in [6.45, 7) is 5.38. The van der Waals surface area contributed by atoms with Crippen LogP contribution in [0.1, 0.15) is 25.8 Å². The smallest absolute Gasteiger partial charge is 0.128 e. The van der Waals surface area contributed by atoms with Crippen molar-refractivity contribution in [2.75, 3.05) is 6.54 Å². The molecule has 0 spiro atoms. The van der Waals surface area contributed by atoms with E-state index in [0.29, 0.717) is 6.04 Å². The Balaban J connectivity index is 1.99. The largest absolute Gasteiger partial charge is 0.457 e. The molecule has 2 heteroatoms. The van der Waals surface area contributed by atoms with Gasteiger partial charge in [0.1, 0.15) is 11.5 Å². The van der Waals surface area contributed by atoms with E-state index in [1.165, 1.54) is 0 Å². The summed E-state index contributed by atoms with van der Waals surface area (Å²) in [6.07, 6.45) is 5.46. The van der Waals surface area contributed by atoms with E-state index in [9.17, 15) is 0 Å². The summed E-state index contributed by atoms with van der Waals surface area (Å²) in [5.74, 6) is 1.72. The highest BCUT2D eigenvalue weighted by atomic mass is 16.5. The van der Waals surface area contributed by atoms with E-state index in [4.69, 9.17) is 4.74 Å². The average Bonchev–Trinajstić information content (AvgIpc) is 2.52. The van der Waals surface area contributed by atoms with Gasteiger partial charge in [0.2, 0.25) is 0 Å². The molecule has 21 heavy (non-hydrogen) atoms. The molecule has 0 aliphatic carbocycles. The molecule has 110 valence electrons. The van der Waals surface area contributed by atoms with Gasteiger partial charge in [-0.15, -0.1) is 0 Å². The Labute approximate surface area is 127 Å². The Morgan fingerprint density at radius 3 is 2.57 bits per heavy atom. The maximum atomic E-state index is 5.84. The van der Waals surface area contributed by atoms with Gasteiger partial charge < -0.3 is 10.1 Å². The zero-order valence-corrected chi connectivity index (χ0v) is 12.8. The second-order valence-corrected chi connectivity index (χ2v) is 5.09. The Morgan fingerprint density at radius 1 is 1.05 bits per heavy atom. The van der Waals surface area contributed by atoms with Crippen molar-refractivity contribution in [2.45, 2.75) is 26.3 Å². The molecule has 2 aromatic carbocycles. The van der Waals surface area contributed by atoms with Gasteiger partial charge in [0, 0.05) is 6.04 Å². The van der Waals surface area contributed by atoms with Gasteiger partial charge in [-0.3, -0.25) is 0 Å². The lowest BCUT2D eigenvalue weighted by atomic mass is 10.1. The lowest BCUT2D eigenvalue weighted by molar-refractivity contribution is 0.482. The van der Waals surface area contributed by atoms with Crippen LogP contribution in [0.25, 0.3) is 6.08 Å². The van der Waals surface area contributed by atoms with Gasteiger partial charge in [-0.05, 0) is 49.7 Å². The highest BCUT2D eigenvalue weighted by molar-refractivity contribution is 5.52. The summed E-state index contributed by atoms with van der Waals surface area (Å²) in [7, 11) is 0. The maximum absolute atomic E-state index is 5.84. The lowest BCUT2D eigenvalue weighted by Crippen LogP contribution is -2.24. The molecule has 0 bridgehead atoms. The van der Waals surface area contributed by atoms with Crippen LogP contribution in [0.3, 0.4) is 0 Å². The third kappa shape index (κ3) is 5.44. The summed E-state index contributed by atoms with van der Waals surface area (Å²) in [6, 6.07) is 18.3. The van der Waals surface area contributed by atoms with Gasteiger partial charge in [-0.1, -0.05) is 49.4 Å². The second-order valence-electron chi connectivity index (χ2n) is 5.09. The fourth-order valence-electron chi connectivity index (χ4n) is 2.00. The first-order chi connectivity index (χ1) is 10.3. The molecular formula is C19H23NO. The Hall–Kier alpha value is -2.06. The van der Waals surface area contributed by atoms with Crippen LogP contribution in [0.4, 0.5) is 0 Å². The number of hydrogen-bond donors (Lipinski definition) is 1. The molecule has 0 amide bonds. The number of nitrogens with one attached hydrogen (secondary N) is 1. The Bertz CT molecular complexity index is 563. The fourth-order valence-corrected chi connectivity index (χ4v) is 2.00. The molecule has 0 saturated carbocycles. The first-order valence-electron chi connectivity index (χ1n) is 7.52. The van der Waals surface area contributed by atoms with Crippen LogP contribution in [0.15, 0.2) is 60.7 Å². The minimum atomic E-state index is 0.378. The van der Waals surface area contributed by atoms with Crippen molar-refractivity contribution in [2.24, 2.45) is 0 Å². The molecule has 0 aliphatic heterocycles. The summed E-state index contributed by atoms with van der Waals surface area (Å²) in [5, 5.41) is 3.44. The topological polar surface area (TPSA) is 21.3 Å². The van der Waals surface area contributed by atoms with Crippen molar-refractivity contribution in [3.05, 3.63) is 66.2 Å². The number of hydrogen-bond acceptors (Lipinski definition) is 2. The molecule has 1 atom stereocenters. The molecular weight excluding hydrogens is 258 g/mol. The van der Waals surface area contributed by atoms with Crippen molar-refractivity contribution in [3.8, 4) is 11.5 Å². The van der Waals surface area contributed by atoms with Crippen molar-refractivity contribution < 1.29 is 4.74 Å². The lowest BCUT2D eigenvalue weighted by Gasteiger charge is -2.08. The van der Waals surface area contributed by atoms with Crippen molar-refractivity contribution in [1.29, 1.82) is 0 Å². The summed E-state index contributed by atoms with van der Waals surface area (Å²) >= 11 is 0. The highest BCUT2D eigenvalue weighted by Crippen LogP contribution is 2.22. The van der Waals surface area contributed by atoms with E-state index in [1.54, 1.807) is 0 Å².